The summed E-state index contributed by atoms with van der Waals surface area (Å²) < 4.78 is 0. The predicted octanol–water partition coefficient (Wildman–Crippen LogP) is 4.81. The van der Waals surface area contributed by atoms with Crippen LogP contribution in [0, 0.1) is 5.92 Å². The van der Waals surface area contributed by atoms with Crippen LogP contribution in [0.4, 0.5) is 5.13 Å². The van der Waals surface area contributed by atoms with Crippen molar-refractivity contribution in [2.75, 3.05) is 5.32 Å². The number of allylic oxidation sites excluding steroid dienone is 3. The number of anilines is 1. The number of aliphatic carboxylic acids is 1. The molecule has 1 aliphatic carbocycles. The van der Waals surface area contributed by atoms with Crippen LogP contribution in [-0.2, 0) is 4.79 Å². The SMILES string of the molecule is O=C(O)C(CC1=CSC2C=CC=CC12)Nc1nc(-c2ccccc2)cs1. The van der Waals surface area contributed by atoms with Crippen LogP contribution >= 0.6 is 23.1 Å². The van der Waals surface area contributed by atoms with Gasteiger partial charge in [-0.3, -0.25) is 0 Å². The number of thiazole rings is 1. The van der Waals surface area contributed by atoms with Crippen molar-refractivity contribution < 1.29 is 9.90 Å². The van der Waals surface area contributed by atoms with E-state index in [0.29, 0.717) is 22.7 Å². The Morgan fingerprint density at radius 3 is 2.85 bits per heavy atom. The average Bonchev–Trinajstić information content (AvgIpc) is 3.29. The summed E-state index contributed by atoms with van der Waals surface area (Å²) in [5.74, 6) is -0.559. The zero-order chi connectivity index (χ0) is 17.9. The fourth-order valence-electron chi connectivity index (χ4n) is 3.15. The summed E-state index contributed by atoms with van der Waals surface area (Å²) in [6.45, 7) is 0. The van der Waals surface area contributed by atoms with Gasteiger partial charge in [-0.25, -0.2) is 9.78 Å². The average molecular weight is 383 g/mol. The molecule has 3 atom stereocenters. The van der Waals surface area contributed by atoms with Crippen LogP contribution in [0.5, 0.6) is 0 Å². The Balaban J connectivity index is 1.47. The second-order valence-electron chi connectivity index (χ2n) is 6.23. The maximum absolute atomic E-state index is 11.8. The summed E-state index contributed by atoms with van der Waals surface area (Å²) in [7, 11) is 0. The van der Waals surface area contributed by atoms with E-state index in [1.54, 1.807) is 11.8 Å². The van der Waals surface area contributed by atoms with Gasteiger partial charge in [0.1, 0.15) is 6.04 Å². The molecule has 2 aromatic rings. The van der Waals surface area contributed by atoms with E-state index in [2.05, 4.69) is 33.9 Å². The van der Waals surface area contributed by atoms with Gasteiger partial charge in [0, 0.05) is 28.5 Å². The van der Waals surface area contributed by atoms with Gasteiger partial charge < -0.3 is 10.4 Å². The van der Waals surface area contributed by atoms with Gasteiger partial charge in [0.2, 0.25) is 0 Å². The van der Waals surface area contributed by atoms with Crippen LogP contribution in [0.25, 0.3) is 11.3 Å². The van der Waals surface area contributed by atoms with Gasteiger partial charge in [0.25, 0.3) is 0 Å². The van der Waals surface area contributed by atoms with E-state index in [9.17, 15) is 9.90 Å². The summed E-state index contributed by atoms with van der Waals surface area (Å²) in [6.07, 6.45) is 8.90. The molecule has 132 valence electrons. The van der Waals surface area contributed by atoms with Crippen molar-refractivity contribution in [3.63, 3.8) is 0 Å². The number of thioether (sulfide) groups is 1. The van der Waals surface area contributed by atoms with Crippen LogP contribution in [-0.4, -0.2) is 27.4 Å². The summed E-state index contributed by atoms with van der Waals surface area (Å²) >= 11 is 3.20. The highest BCUT2D eigenvalue weighted by molar-refractivity contribution is 8.03. The maximum atomic E-state index is 11.8. The fraction of sp³-hybridized carbons (Fsp3) is 0.200. The number of carbonyl (C=O) groups is 1. The van der Waals surface area contributed by atoms with Crippen molar-refractivity contribution in [1.29, 1.82) is 0 Å². The lowest BCUT2D eigenvalue weighted by Crippen LogP contribution is -2.31. The normalized spacial score (nSPS) is 21.9. The minimum atomic E-state index is -0.855. The standard InChI is InChI=1S/C20H18N2O2S2/c23-19(24)16(10-14-11-25-18-9-5-4-8-15(14)18)21-20-22-17(12-26-20)13-6-2-1-3-7-13/h1-9,11-12,15-16,18H,10H2,(H,21,22)(H,23,24). The molecule has 1 aromatic heterocycles. The number of carboxylic acids is 1. The van der Waals surface area contributed by atoms with Gasteiger partial charge >= 0.3 is 5.97 Å². The molecule has 1 aliphatic heterocycles. The van der Waals surface area contributed by atoms with E-state index in [1.807, 2.05) is 41.8 Å². The van der Waals surface area contributed by atoms with E-state index in [4.69, 9.17) is 0 Å². The molecule has 0 spiro atoms. The number of carboxylic acid groups (broad SMARTS) is 1. The molecule has 2 N–H and O–H groups in total. The number of aromatic nitrogens is 1. The van der Waals surface area contributed by atoms with Gasteiger partial charge in [-0.2, -0.15) is 0 Å². The third-order valence-electron chi connectivity index (χ3n) is 4.50. The van der Waals surface area contributed by atoms with E-state index in [0.717, 1.165) is 11.3 Å². The zero-order valence-electron chi connectivity index (χ0n) is 13.9. The lowest BCUT2D eigenvalue weighted by Gasteiger charge is -2.21. The third-order valence-corrected chi connectivity index (χ3v) is 6.48. The summed E-state index contributed by atoms with van der Waals surface area (Å²) in [4.78, 5) is 16.3. The minimum Gasteiger partial charge on any atom is -0.480 e. The first-order chi connectivity index (χ1) is 12.7. The first-order valence-corrected chi connectivity index (χ1v) is 10.2. The quantitative estimate of drug-likeness (QED) is 0.751. The molecule has 0 fully saturated rings. The smallest absolute Gasteiger partial charge is 0.326 e. The molecule has 6 heteroatoms. The minimum absolute atomic E-state index is 0.296. The Hall–Kier alpha value is -2.31. The topological polar surface area (TPSA) is 62.2 Å². The van der Waals surface area contributed by atoms with Crippen LogP contribution in [0.15, 0.2) is 71.0 Å². The molecule has 1 aromatic carbocycles. The van der Waals surface area contributed by atoms with Crippen LogP contribution in [0.1, 0.15) is 6.42 Å². The van der Waals surface area contributed by atoms with Gasteiger partial charge in [-0.15, -0.1) is 23.1 Å². The molecule has 4 nitrogen and oxygen atoms in total. The highest BCUT2D eigenvalue weighted by Crippen LogP contribution is 2.41. The number of fused-ring (bicyclic) bond motifs is 1. The monoisotopic (exact) mass is 382 g/mol. The van der Waals surface area contributed by atoms with E-state index < -0.39 is 12.0 Å². The maximum Gasteiger partial charge on any atom is 0.326 e. The van der Waals surface area contributed by atoms with Gasteiger partial charge in [0.05, 0.1) is 5.69 Å². The molecule has 26 heavy (non-hydrogen) atoms. The molecule has 0 amide bonds. The molecular formula is C20H18N2O2S2. The van der Waals surface area contributed by atoms with Crippen molar-refractivity contribution in [2.45, 2.75) is 17.7 Å². The molecule has 0 saturated carbocycles. The number of rotatable bonds is 6. The molecule has 4 rings (SSSR count). The van der Waals surface area contributed by atoms with Crippen LogP contribution < -0.4 is 5.32 Å². The number of hydrogen-bond donors (Lipinski definition) is 2. The van der Waals surface area contributed by atoms with Gasteiger partial charge in [0.15, 0.2) is 5.13 Å². The summed E-state index contributed by atoms with van der Waals surface area (Å²) in [6, 6.07) is 9.21. The number of benzene rings is 1. The van der Waals surface area contributed by atoms with Crippen LogP contribution in [0.3, 0.4) is 0 Å². The highest BCUT2D eigenvalue weighted by atomic mass is 32.2. The Morgan fingerprint density at radius 2 is 2.04 bits per heavy atom. The Labute approximate surface area is 160 Å². The molecule has 3 unspecified atom stereocenters. The van der Waals surface area contributed by atoms with E-state index in [1.165, 1.54) is 16.9 Å². The fourth-order valence-corrected chi connectivity index (χ4v) is 5.12. The van der Waals surface area contributed by atoms with Crippen LogP contribution in [0.2, 0.25) is 0 Å². The van der Waals surface area contributed by atoms with Crippen molar-refractivity contribution in [2.24, 2.45) is 5.92 Å². The second-order valence-corrected chi connectivity index (χ2v) is 8.14. The Morgan fingerprint density at radius 1 is 1.23 bits per heavy atom. The van der Waals surface area contributed by atoms with Crippen molar-refractivity contribution in [1.82, 2.24) is 4.98 Å². The summed E-state index contributed by atoms with van der Waals surface area (Å²) in [5, 5.41) is 17.9. The van der Waals surface area contributed by atoms with E-state index >= 15 is 0 Å². The van der Waals surface area contributed by atoms with Crippen molar-refractivity contribution in [3.8, 4) is 11.3 Å². The largest absolute Gasteiger partial charge is 0.480 e. The lowest BCUT2D eigenvalue weighted by molar-refractivity contribution is -0.137. The molecular weight excluding hydrogens is 364 g/mol. The van der Waals surface area contributed by atoms with Crippen molar-refractivity contribution in [3.05, 3.63) is 71.0 Å². The lowest BCUT2D eigenvalue weighted by atomic mass is 9.89. The number of nitrogens with zero attached hydrogens (tertiary/aromatic N) is 1. The van der Waals surface area contributed by atoms with E-state index in [-0.39, 0.29) is 0 Å². The number of hydrogen-bond acceptors (Lipinski definition) is 5. The molecule has 0 bridgehead atoms. The highest BCUT2D eigenvalue weighted by Gasteiger charge is 2.31. The molecule has 0 saturated heterocycles. The first-order valence-electron chi connectivity index (χ1n) is 8.40. The summed E-state index contributed by atoms with van der Waals surface area (Å²) in [5.41, 5.74) is 3.05. The zero-order valence-corrected chi connectivity index (χ0v) is 15.5. The predicted molar refractivity (Wildman–Crippen MR) is 108 cm³/mol. The Bertz CT molecular complexity index is 886. The first kappa shape index (κ1) is 17.1. The number of nitrogens with one attached hydrogen (secondary N) is 1. The van der Waals surface area contributed by atoms with Crippen molar-refractivity contribution >= 4 is 34.2 Å². The molecule has 2 heterocycles. The third kappa shape index (κ3) is 3.61. The Kier molecular flexibility index (Phi) is 4.95. The second kappa shape index (κ2) is 7.51. The molecule has 0 radical (unpaired) electrons. The molecule has 2 aliphatic rings. The van der Waals surface area contributed by atoms with Gasteiger partial charge in [-0.05, 0) is 5.41 Å². The van der Waals surface area contributed by atoms with Gasteiger partial charge in [-0.1, -0.05) is 60.2 Å².